The van der Waals surface area contributed by atoms with Crippen molar-refractivity contribution in [2.45, 2.75) is 22.6 Å². The molecule has 2 aromatic rings. The van der Waals surface area contributed by atoms with E-state index in [1.807, 2.05) is 36.4 Å². The second-order valence-corrected chi connectivity index (χ2v) is 6.79. The lowest BCUT2D eigenvalue weighted by molar-refractivity contribution is 0.0693. The predicted octanol–water partition coefficient (Wildman–Crippen LogP) is 4.79. The van der Waals surface area contributed by atoms with Crippen molar-refractivity contribution < 1.29 is 9.90 Å². The first-order valence-electron chi connectivity index (χ1n) is 7.19. The van der Waals surface area contributed by atoms with E-state index in [1.165, 1.54) is 24.6 Å². The first kappa shape index (κ1) is 15.3. The first-order valence-corrected chi connectivity index (χ1v) is 8.38. The molecule has 1 fully saturated rings. The van der Waals surface area contributed by atoms with Crippen LogP contribution in [0.2, 0.25) is 5.02 Å². The molecule has 1 saturated heterocycles. The Morgan fingerprint density at radius 1 is 1.09 bits per heavy atom. The van der Waals surface area contributed by atoms with Crippen molar-refractivity contribution in [1.29, 1.82) is 0 Å². The lowest BCUT2D eigenvalue weighted by Gasteiger charge is -2.19. The highest BCUT2D eigenvalue weighted by Crippen LogP contribution is 2.34. The summed E-state index contributed by atoms with van der Waals surface area (Å²) >= 11 is 7.33. The Balaban J connectivity index is 1.89. The van der Waals surface area contributed by atoms with E-state index in [-0.39, 0.29) is 0 Å². The van der Waals surface area contributed by atoms with E-state index in [4.69, 9.17) is 11.6 Å². The van der Waals surface area contributed by atoms with Gasteiger partial charge in [0.2, 0.25) is 0 Å². The van der Waals surface area contributed by atoms with Crippen molar-refractivity contribution in [2.24, 2.45) is 0 Å². The Morgan fingerprint density at radius 3 is 2.41 bits per heavy atom. The minimum absolute atomic E-state index is 0.351. The first-order chi connectivity index (χ1) is 10.6. The molecule has 0 amide bonds. The van der Waals surface area contributed by atoms with Crippen molar-refractivity contribution in [1.82, 2.24) is 0 Å². The number of carboxylic acid groups (broad SMARTS) is 1. The summed E-state index contributed by atoms with van der Waals surface area (Å²) in [5.41, 5.74) is 1.35. The third-order valence-corrected chi connectivity index (χ3v) is 5.04. The topological polar surface area (TPSA) is 40.5 Å². The minimum Gasteiger partial charge on any atom is -0.478 e. The van der Waals surface area contributed by atoms with Crippen molar-refractivity contribution in [3.05, 3.63) is 53.1 Å². The maximum absolute atomic E-state index is 11.6. The summed E-state index contributed by atoms with van der Waals surface area (Å²) in [5.74, 6) is -0.891. The molecule has 2 aromatic carbocycles. The van der Waals surface area contributed by atoms with Crippen molar-refractivity contribution in [3.8, 4) is 0 Å². The molecular formula is C17H16ClNO2S. The fourth-order valence-electron chi connectivity index (χ4n) is 2.58. The van der Waals surface area contributed by atoms with Crippen LogP contribution in [0.15, 0.2) is 52.3 Å². The van der Waals surface area contributed by atoms with Crippen LogP contribution in [0.1, 0.15) is 23.2 Å². The van der Waals surface area contributed by atoms with E-state index in [1.54, 1.807) is 6.07 Å². The number of halogens is 1. The zero-order valence-electron chi connectivity index (χ0n) is 12.0. The zero-order valence-corrected chi connectivity index (χ0v) is 13.5. The van der Waals surface area contributed by atoms with Gasteiger partial charge in [-0.1, -0.05) is 23.4 Å². The van der Waals surface area contributed by atoms with Crippen LogP contribution in [0.4, 0.5) is 5.69 Å². The standard InChI is InChI=1S/C17H16ClNO2S/c18-12-3-6-14(7-4-12)22-16-8-5-13(11-15(16)17(20)21)19-9-1-2-10-19/h3-8,11H,1-2,9-10H2,(H,20,21). The Morgan fingerprint density at radius 2 is 1.77 bits per heavy atom. The van der Waals surface area contributed by atoms with E-state index in [0.29, 0.717) is 10.6 Å². The number of hydrogen-bond donors (Lipinski definition) is 1. The van der Waals surface area contributed by atoms with Crippen LogP contribution in [0.25, 0.3) is 0 Å². The number of carboxylic acids is 1. The third-order valence-electron chi connectivity index (χ3n) is 3.71. The average molecular weight is 334 g/mol. The fraction of sp³-hybridized carbons (Fsp3) is 0.235. The monoisotopic (exact) mass is 333 g/mol. The van der Waals surface area contributed by atoms with Gasteiger partial charge in [-0.15, -0.1) is 0 Å². The van der Waals surface area contributed by atoms with Gasteiger partial charge in [0, 0.05) is 33.6 Å². The summed E-state index contributed by atoms with van der Waals surface area (Å²) in [7, 11) is 0. The molecule has 0 radical (unpaired) electrons. The molecule has 0 spiro atoms. The summed E-state index contributed by atoms with van der Waals surface area (Å²) in [6.07, 6.45) is 2.34. The second kappa shape index (κ2) is 6.63. The SMILES string of the molecule is O=C(O)c1cc(N2CCCC2)ccc1Sc1ccc(Cl)cc1. The fourth-order valence-corrected chi connectivity index (χ4v) is 3.62. The lowest BCUT2D eigenvalue weighted by atomic mass is 10.2. The van der Waals surface area contributed by atoms with Gasteiger partial charge in [0.15, 0.2) is 0 Å². The van der Waals surface area contributed by atoms with E-state index in [0.717, 1.165) is 28.6 Å². The lowest BCUT2D eigenvalue weighted by Crippen LogP contribution is -2.18. The maximum atomic E-state index is 11.6. The van der Waals surface area contributed by atoms with Gasteiger partial charge in [0.25, 0.3) is 0 Å². The van der Waals surface area contributed by atoms with E-state index < -0.39 is 5.97 Å². The quantitative estimate of drug-likeness (QED) is 0.873. The molecule has 114 valence electrons. The van der Waals surface area contributed by atoms with Gasteiger partial charge < -0.3 is 10.0 Å². The molecule has 1 N–H and O–H groups in total. The Bertz CT molecular complexity index is 682. The second-order valence-electron chi connectivity index (χ2n) is 5.24. The third kappa shape index (κ3) is 3.39. The molecule has 1 aliphatic heterocycles. The van der Waals surface area contributed by atoms with Crippen LogP contribution in [0.5, 0.6) is 0 Å². The van der Waals surface area contributed by atoms with Gasteiger partial charge in [-0.2, -0.15) is 0 Å². The molecule has 5 heteroatoms. The highest BCUT2D eigenvalue weighted by Gasteiger charge is 2.17. The van der Waals surface area contributed by atoms with E-state index in [9.17, 15) is 9.90 Å². The molecule has 0 atom stereocenters. The minimum atomic E-state index is -0.891. The highest BCUT2D eigenvalue weighted by molar-refractivity contribution is 7.99. The highest BCUT2D eigenvalue weighted by atomic mass is 35.5. The number of carbonyl (C=O) groups is 1. The molecule has 1 heterocycles. The molecule has 22 heavy (non-hydrogen) atoms. The molecule has 3 nitrogen and oxygen atoms in total. The Kier molecular flexibility index (Phi) is 4.60. The summed E-state index contributed by atoms with van der Waals surface area (Å²) < 4.78 is 0. The number of hydrogen-bond acceptors (Lipinski definition) is 3. The molecule has 1 aliphatic rings. The number of anilines is 1. The van der Waals surface area contributed by atoms with Gasteiger partial charge >= 0.3 is 5.97 Å². The predicted molar refractivity (Wildman–Crippen MR) is 90.4 cm³/mol. The molecule has 0 bridgehead atoms. The number of benzene rings is 2. The Hall–Kier alpha value is -1.65. The van der Waals surface area contributed by atoms with Crippen molar-refractivity contribution in [3.63, 3.8) is 0 Å². The molecule has 0 unspecified atom stereocenters. The van der Waals surface area contributed by atoms with Gasteiger partial charge in [0.1, 0.15) is 0 Å². The molecule has 0 aliphatic carbocycles. The number of rotatable bonds is 4. The van der Waals surface area contributed by atoms with Crippen molar-refractivity contribution in [2.75, 3.05) is 18.0 Å². The molecular weight excluding hydrogens is 318 g/mol. The average Bonchev–Trinajstić information content (AvgIpc) is 3.04. The largest absolute Gasteiger partial charge is 0.478 e. The molecule has 0 saturated carbocycles. The van der Waals surface area contributed by atoms with E-state index in [2.05, 4.69) is 4.90 Å². The van der Waals surface area contributed by atoms with Gasteiger partial charge in [-0.25, -0.2) is 4.79 Å². The normalized spacial score (nSPS) is 14.3. The smallest absolute Gasteiger partial charge is 0.336 e. The van der Waals surface area contributed by atoms with Crippen LogP contribution < -0.4 is 4.90 Å². The molecule has 0 aromatic heterocycles. The van der Waals surface area contributed by atoms with Crippen LogP contribution >= 0.6 is 23.4 Å². The number of nitrogens with zero attached hydrogens (tertiary/aromatic N) is 1. The summed E-state index contributed by atoms with van der Waals surface area (Å²) in [6, 6.07) is 13.1. The van der Waals surface area contributed by atoms with Crippen LogP contribution in [-0.2, 0) is 0 Å². The van der Waals surface area contributed by atoms with Gasteiger partial charge in [-0.05, 0) is 55.3 Å². The van der Waals surface area contributed by atoms with Gasteiger partial charge in [0.05, 0.1) is 5.56 Å². The van der Waals surface area contributed by atoms with Crippen LogP contribution in [0, 0.1) is 0 Å². The summed E-state index contributed by atoms with van der Waals surface area (Å²) in [4.78, 5) is 15.5. The molecule has 3 rings (SSSR count). The summed E-state index contributed by atoms with van der Waals surface area (Å²) in [5, 5.41) is 10.2. The zero-order chi connectivity index (χ0) is 15.5. The van der Waals surface area contributed by atoms with Crippen LogP contribution in [0.3, 0.4) is 0 Å². The van der Waals surface area contributed by atoms with Gasteiger partial charge in [-0.3, -0.25) is 0 Å². The van der Waals surface area contributed by atoms with E-state index >= 15 is 0 Å². The summed E-state index contributed by atoms with van der Waals surface area (Å²) in [6.45, 7) is 2.01. The number of aromatic carboxylic acids is 1. The van der Waals surface area contributed by atoms with Crippen molar-refractivity contribution >= 4 is 35.0 Å². The van der Waals surface area contributed by atoms with Crippen LogP contribution in [-0.4, -0.2) is 24.2 Å². The maximum Gasteiger partial charge on any atom is 0.336 e. The Labute approximate surface area is 138 Å².